The number of carbonyl (C=O) groups is 3. The second-order valence-electron chi connectivity index (χ2n) is 5.11. The highest BCUT2D eigenvalue weighted by Gasteiger charge is 2.18. The maximum Gasteiger partial charge on any atom is 0.308 e. The lowest BCUT2D eigenvalue weighted by atomic mass is 10.3. The molecule has 1 unspecified atom stereocenters. The van der Waals surface area contributed by atoms with Crippen LogP contribution >= 0.6 is 27.3 Å². The van der Waals surface area contributed by atoms with Crippen LogP contribution in [0.1, 0.15) is 23.0 Å². The number of carbonyl (C=O) groups excluding carboxylic acids is 3. The number of esters is 1. The van der Waals surface area contributed by atoms with Gasteiger partial charge in [0.15, 0.2) is 6.10 Å². The number of thiophene rings is 1. The van der Waals surface area contributed by atoms with Crippen LogP contribution < -0.4 is 10.6 Å². The standard InChI is InChI=1S/C17H17BrN2O4S/c1-11(16(22)20-13-6-4-12(18)5-7-13)24-15(21)8-9-19-17(23)14-3-2-10-25-14/h2-7,10-11H,8-9H2,1H3,(H,19,23)(H,20,22). The van der Waals surface area contributed by atoms with Crippen LogP contribution in [0, 0.1) is 0 Å². The molecular formula is C17H17BrN2O4S. The Bertz CT molecular complexity index is 732. The van der Waals surface area contributed by atoms with Gasteiger partial charge in [0.05, 0.1) is 11.3 Å². The molecule has 1 atom stereocenters. The molecule has 0 aliphatic rings. The molecule has 2 aromatic rings. The fourth-order valence-corrected chi connectivity index (χ4v) is 2.76. The molecule has 0 aliphatic heterocycles. The Labute approximate surface area is 157 Å². The van der Waals surface area contributed by atoms with Gasteiger partial charge < -0.3 is 15.4 Å². The van der Waals surface area contributed by atoms with Gasteiger partial charge in [-0.15, -0.1) is 11.3 Å². The predicted octanol–water partition coefficient (Wildman–Crippen LogP) is 3.20. The van der Waals surface area contributed by atoms with Crippen molar-refractivity contribution in [2.24, 2.45) is 0 Å². The number of ether oxygens (including phenoxy) is 1. The van der Waals surface area contributed by atoms with E-state index in [9.17, 15) is 14.4 Å². The fourth-order valence-electron chi connectivity index (χ4n) is 1.86. The van der Waals surface area contributed by atoms with Crippen molar-refractivity contribution in [1.82, 2.24) is 5.32 Å². The third-order valence-corrected chi connectivity index (χ3v) is 4.55. The molecule has 8 heteroatoms. The molecule has 6 nitrogen and oxygen atoms in total. The summed E-state index contributed by atoms with van der Waals surface area (Å²) in [6.07, 6.45) is -0.934. The summed E-state index contributed by atoms with van der Waals surface area (Å²) in [5, 5.41) is 7.09. The maximum atomic E-state index is 12.0. The topological polar surface area (TPSA) is 84.5 Å². The molecule has 0 bridgehead atoms. The van der Waals surface area contributed by atoms with Crippen molar-refractivity contribution < 1.29 is 19.1 Å². The number of rotatable bonds is 7. The van der Waals surface area contributed by atoms with Crippen LogP contribution in [0.5, 0.6) is 0 Å². The zero-order valence-electron chi connectivity index (χ0n) is 13.5. The van der Waals surface area contributed by atoms with Crippen LogP contribution in [-0.4, -0.2) is 30.4 Å². The lowest BCUT2D eigenvalue weighted by Gasteiger charge is -2.13. The van der Waals surface area contributed by atoms with Crippen molar-refractivity contribution in [1.29, 1.82) is 0 Å². The van der Waals surface area contributed by atoms with Gasteiger partial charge in [0.1, 0.15) is 0 Å². The van der Waals surface area contributed by atoms with Crippen molar-refractivity contribution in [2.45, 2.75) is 19.4 Å². The third-order valence-electron chi connectivity index (χ3n) is 3.15. The minimum Gasteiger partial charge on any atom is -0.452 e. The van der Waals surface area contributed by atoms with Crippen LogP contribution in [0.15, 0.2) is 46.3 Å². The van der Waals surface area contributed by atoms with E-state index in [4.69, 9.17) is 4.74 Å². The number of nitrogens with one attached hydrogen (secondary N) is 2. The molecule has 25 heavy (non-hydrogen) atoms. The molecule has 0 spiro atoms. The molecule has 0 saturated carbocycles. The van der Waals surface area contributed by atoms with E-state index in [-0.39, 0.29) is 18.9 Å². The highest BCUT2D eigenvalue weighted by atomic mass is 79.9. The van der Waals surface area contributed by atoms with E-state index in [0.29, 0.717) is 10.6 Å². The Morgan fingerprint density at radius 3 is 2.56 bits per heavy atom. The second kappa shape index (κ2) is 9.33. The van der Waals surface area contributed by atoms with Gasteiger partial charge in [0.25, 0.3) is 11.8 Å². The third kappa shape index (κ3) is 6.32. The molecular weight excluding hydrogens is 408 g/mol. The van der Waals surface area contributed by atoms with Gasteiger partial charge in [0.2, 0.25) is 0 Å². The van der Waals surface area contributed by atoms with Crippen molar-refractivity contribution in [2.75, 3.05) is 11.9 Å². The summed E-state index contributed by atoms with van der Waals surface area (Å²) in [6, 6.07) is 10.5. The van der Waals surface area contributed by atoms with Crippen molar-refractivity contribution in [3.05, 3.63) is 51.1 Å². The summed E-state index contributed by atoms with van der Waals surface area (Å²) >= 11 is 4.63. The molecule has 1 aromatic carbocycles. The summed E-state index contributed by atoms with van der Waals surface area (Å²) in [7, 11) is 0. The number of hydrogen-bond acceptors (Lipinski definition) is 5. The van der Waals surface area contributed by atoms with Gasteiger partial charge in [-0.3, -0.25) is 14.4 Å². The monoisotopic (exact) mass is 424 g/mol. The van der Waals surface area contributed by atoms with Crippen LogP contribution in [-0.2, 0) is 14.3 Å². The van der Waals surface area contributed by atoms with E-state index in [1.165, 1.54) is 18.3 Å². The van der Waals surface area contributed by atoms with E-state index in [1.54, 1.807) is 41.8 Å². The van der Waals surface area contributed by atoms with Crippen LogP contribution in [0.2, 0.25) is 0 Å². The van der Waals surface area contributed by atoms with Gasteiger partial charge in [-0.05, 0) is 42.6 Å². The van der Waals surface area contributed by atoms with Crippen LogP contribution in [0.4, 0.5) is 5.69 Å². The zero-order chi connectivity index (χ0) is 18.2. The summed E-state index contributed by atoms with van der Waals surface area (Å²) in [4.78, 5) is 36.1. The Morgan fingerprint density at radius 2 is 1.92 bits per heavy atom. The van der Waals surface area contributed by atoms with Gasteiger partial charge in [-0.2, -0.15) is 0 Å². The minimum absolute atomic E-state index is 0.00693. The quantitative estimate of drug-likeness (QED) is 0.668. The average molecular weight is 425 g/mol. The lowest BCUT2D eigenvalue weighted by Crippen LogP contribution is -2.31. The Morgan fingerprint density at radius 1 is 1.20 bits per heavy atom. The van der Waals surface area contributed by atoms with Crippen molar-refractivity contribution in [3.8, 4) is 0 Å². The molecule has 2 rings (SSSR count). The van der Waals surface area contributed by atoms with E-state index in [0.717, 1.165) is 4.47 Å². The number of amides is 2. The molecule has 0 radical (unpaired) electrons. The number of hydrogen-bond donors (Lipinski definition) is 2. The SMILES string of the molecule is CC(OC(=O)CCNC(=O)c1cccs1)C(=O)Nc1ccc(Br)cc1. The molecule has 1 heterocycles. The van der Waals surface area contributed by atoms with Crippen molar-refractivity contribution >= 4 is 50.7 Å². The smallest absolute Gasteiger partial charge is 0.308 e. The highest BCUT2D eigenvalue weighted by Crippen LogP contribution is 2.14. The number of halogens is 1. The molecule has 0 fully saturated rings. The van der Waals surface area contributed by atoms with Gasteiger partial charge in [-0.25, -0.2) is 0 Å². The molecule has 1 aromatic heterocycles. The second-order valence-corrected chi connectivity index (χ2v) is 6.97. The maximum absolute atomic E-state index is 12.0. The first-order chi connectivity index (χ1) is 12.0. The van der Waals surface area contributed by atoms with E-state index >= 15 is 0 Å². The molecule has 0 aliphatic carbocycles. The fraction of sp³-hybridized carbons (Fsp3) is 0.235. The first-order valence-corrected chi connectivity index (χ1v) is 9.20. The van der Waals surface area contributed by atoms with Crippen molar-refractivity contribution in [3.63, 3.8) is 0 Å². The van der Waals surface area contributed by atoms with E-state index in [1.807, 2.05) is 0 Å². The Hall–Kier alpha value is -2.19. The largest absolute Gasteiger partial charge is 0.452 e. The molecule has 0 saturated heterocycles. The molecule has 132 valence electrons. The first kappa shape index (κ1) is 19.1. The summed E-state index contributed by atoms with van der Waals surface area (Å²) < 4.78 is 5.97. The molecule has 2 amide bonds. The summed E-state index contributed by atoms with van der Waals surface area (Å²) in [5.74, 6) is -1.20. The van der Waals surface area contributed by atoms with E-state index < -0.39 is 18.0 Å². The predicted molar refractivity (Wildman–Crippen MR) is 99.6 cm³/mol. The van der Waals surface area contributed by atoms with Gasteiger partial charge in [0, 0.05) is 16.7 Å². The molecule has 2 N–H and O–H groups in total. The van der Waals surface area contributed by atoms with Gasteiger partial charge in [-0.1, -0.05) is 22.0 Å². The average Bonchev–Trinajstić information content (AvgIpc) is 3.11. The Balaban J connectivity index is 1.71. The normalized spacial score (nSPS) is 11.4. The van der Waals surface area contributed by atoms with Crippen LogP contribution in [0.3, 0.4) is 0 Å². The summed E-state index contributed by atoms with van der Waals surface area (Å²) in [6.45, 7) is 1.65. The number of anilines is 1. The zero-order valence-corrected chi connectivity index (χ0v) is 15.9. The Kier molecular flexibility index (Phi) is 7.15. The lowest BCUT2D eigenvalue weighted by molar-refractivity contribution is -0.153. The highest BCUT2D eigenvalue weighted by molar-refractivity contribution is 9.10. The minimum atomic E-state index is -0.927. The van der Waals surface area contributed by atoms with E-state index in [2.05, 4.69) is 26.6 Å². The van der Waals surface area contributed by atoms with Gasteiger partial charge >= 0.3 is 5.97 Å². The van der Waals surface area contributed by atoms with Crippen LogP contribution in [0.25, 0.3) is 0 Å². The first-order valence-electron chi connectivity index (χ1n) is 7.53. The summed E-state index contributed by atoms with van der Waals surface area (Å²) in [5.41, 5.74) is 0.610. The number of benzene rings is 1.